The Hall–Kier alpha value is -3.12. The monoisotopic (exact) mass is 492 g/mol. The lowest BCUT2D eigenvalue weighted by molar-refractivity contribution is -0.141. The van der Waals surface area contributed by atoms with E-state index in [0.717, 1.165) is 10.5 Å². The Bertz CT molecular complexity index is 1080. The van der Waals surface area contributed by atoms with Crippen LogP contribution in [0.2, 0.25) is 0 Å². The second-order valence-electron chi connectivity index (χ2n) is 8.87. The molecule has 4 nitrogen and oxygen atoms in total. The van der Waals surface area contributed by atoms with Gasteiger partial charge in [-0.05, 0) is 29.7 Å². The van der Waals surface area contributed by atoms with Gasteiger partial charge in [-0.3, -0.25) is 9.59 Å². The van der Waals surface area contributed by atoms with Crippen molar-refractivity contribution in [3.05, 3.63) is 102 Å². The first-order valence-corrected chi connectivity index (χ1v) is 12.9. The van der Waals surface area contributed by atoms with Crippen molar-refractivity contribution in [2.75, 3.05) is 12.3 Å². The van der Waals surface area contributed by atoms with Gasteiger partial charge in [0.05, 0.1) is 0 Å². The fourth-order valence-corrected chi connectivity index (χ4v) is 4.57. The first kappa shape index (κ1) is 26.5. The largest absolute Gasteiger partial charge is 0.354 e. The molecule has 0 saturated heterocycles. The first-order chi connectivity index (χ1) is 16.9. The minimum absolute atomic E-state index is 0.0358. The van der Waals surface area contributed by atoms with Gasteiger partial charge in [0, 0.05) is 42.1 Å². The summed E-state index contributed by atoms with van der Waals surface area (Å²) >= 11 is 1.59. The molecule has 35 heavy (non-hydrogen) atoms. The van der Waals surface area contributed by atoms with Crippen LogP contribution in [0, 0.1) is 11.7 Å². The van der Waals surface area contributed by atoms with Crippen molar-refractivity contribution >= 4 is 23.6 Å². The van der Waals surface area contributed by atoms with Gasteiger partial charge in [0.2, 0.25) is 11.8 Å². The molecule has 1 N–H and O–H groups in total. The second-order valence-corrected chi connectivity index (χ2v) is 10.0. The summed E-state index contributed by atoms with van der Waals surface area (Å²) in [6, 6.07) is 25.2. The maximum Gasteiger partial charge on any atom is 0.243 e. The van der Waals surface area contributed by atoms with E-state index in [1.807, 2.05) is 74.5 Å². The van der Waals surface area contributed by atoms with Crippen LogP contribution in [-0.4, -0.2) is 35.1 Å². The van der Waals surface area contributed by atoms with Crippen molar-refractivity contribution in [1.82, 2.24) is 10.2 Å². The summed E-state index contributed by atoms with van der Waals surface area (Å²) in [7, 11) is 0. The molecule has 0 bridgehead atoms. The minimum atomic E-state index is -0.745. The van der Waals surface area contributed by atoms with E-state index >= 15 is 0 Å². The third-order valence-corrected chi connectivity index (χ3v) is 6.60. The van der Waals surface area contributed by atoms with Gasteiger partial charge in [-0.2, -0.15) is 0 Å². The summed E-state index contributed by atoms with van der Waals surface area (Å²) in [5, 5.41) is 2.99. The molecule has 0 aliphatic carbocycles. The van der Waals surface area contributed by atoms with Crippen molar-refractivity contribution in [3.63, 3.8) is 0 Å². The molecule has 1 atom stereocenters. The number of rotatable bonds is 12. The molecule has 0 aliphatic rings. The summed E-state index contributed by atoms with van der Waals surface area (Å²) < 4.78 is 14.6. The van der Waals surface area contributed by atoms with Crippen molar-refractivity contribution in [3.8, 4) is 0 Å². The average Bonchev–Trinajstić information content (AvgIpc) is 2.87. The summed E-state index contributed by atoms with van der Waals surface area (Å²) in [5.74, 6) is 0.0713. The van der Waals surface area contributed by atoms with Crippen LogP contribution in [0.4, 0.5) is 4.39 Å². The molecule has 6 heteroatoms. The zero-order chi connectivity index (χ0) is 25.0. The zero-order valence-electron chi connectivity index (χ0n) is 20.3. The van der Waals surface area contributed by atoms with E-state index in [1.165, 1.54) is 6.07 Å². The number of nitrogens with zero attached hydrogens (tertiary/aromatic N) is 1. The molecular weight excluding hydrogens is 459 g/mol. The topological polar surface area (TPSA) is 49.4 Å². The van der Waals surface area contributed by atoms with Gasteiger partial charge in [0.25, 0.3) is 0 Å². The van der Waals surface area contributed by atoms with Gasteiger partial charge in [0.15, 0.2) is 0 Å². The second kappa shape index (κ2) is 13.7. The van der Waals surface area contributed by atoms with Crippen LogP contribution in [0.25, 0.3) is 0 Å². The number of thioether (sulfide) groups is 1. The van der Waals surface area contributed by atoms with Crippen molar-refractivity contribution < 1.29 is 14.0 Å². The number of amides is 2. The van der Waals surface area contributed by atoms with Gasteiger partial charge in [-0.25, -0.2) is 4.39 Å². The van der Waals surface area contributed by atoms with E-state index in [4.69, 9.17) is 0 Å². The number of nitrogens with one attached hydrogen (secondary N) is 1. The highest BCUT2D eigenvalue weighted by molar-refractivity contribution is 7.99. The number of halogens is 1. The molecule has 0 radical (unpaired) electrons. The number of hydrogen-bond donors (Lipinski definition) is 1. The Morgan fingerprint density at radius 3 is 2.20 bits per heavy atom. The Kier molecular flexibility index (Phi) is 10.4. The van der Waals surface area contributed by atoms with Crippen molar-refractivity contribution in [2.45, 2.75) is 44.2 Å². The first-order valence-electron chi connectivity index (χ1n) is 12.0. The average molecular weight is 493 g/mol. The van der Waals surface area contributed by atoms with E-state index in [9.17, 15) is 14.0 Å². The molecule has 3 rings (SSSR count). The van der Waals surface area contributed by atoms with E-state index in [2.05, 4.69) is 5.32 Å². The third-order valence-electron chi connectivity index (χ3n) is 5.58. The summed E-state index contributed by atoms with van der Waals surface area (Å²) in [5.41, 5.74) is 1.34. The molecule has 0 unspecified atom stereocenters. The van der Waals surface area contributed by atoms with Crippen LogP contribution in [0.1, 0.15) is 31.4 Å². The smallest absolute Gasteiger partial charge is 0.243 e. The molecule has 3 aromatic rings. The highest BCUT2D eigenvalue weighted by Gasteiger charge is 2.30. The number of hydrogen-bond acceptors (Lipinski definition) is 3. The summed E-state index contributed by atoms with van der Waals surface area (Å²) in [4.78, 5) is 29.5. The molecule has 2 amide bonds. The maximum absolute atomic E-state index is 14.6. The Labute approximate surface area is 211 Å². The lowest BCUT2D eigenvalue weighted by Crippen LogP contribution is -2.51. The number of benzene rings is 3. The van der Waals surface area contributed by atoms with Gasteiger partial charge in [-0.1, -0.05) is 80.6 Å². The van der Waals surface area contributed by atoms with Crippen molar-refractivity contribution in [2.24, 2.45) is 5.92 Å². The predicted molar refractivity (Wildman–Crippen MR) is 141 cm³/mol. The molecular formula is C29H33FN2O2S. The van der Waals surface area contributed by atoms with Crippen LogP contribution >= 0.6 is 11.8 Å². The minimum Gasteiger partial charge on any atom is -0.354 e. The van der Waals surface area contributed by atoms with Gasteiger partial charge >= 0.3 is 0 Å². The van der Waals surface area contributed by atoms with Crippen LogP contribution < -0.4 is 5.32 Å². The van der Waals surface area contributed by atoms with Crippen LogP contribution in [-0.2, 0) is 22.6 Å². The lowest BCUT2D eigenvalue weighted by atomic mass is 10.0. The van der Waals surface area contributed by atoms with E-state index < -0.39 is 6.04 Å². The molecule has 184 valence electrons. The van der Waals surface area contributed by atoms with Crippen molar-refractivity contribution in [1.29, 1.82) is 0 Å². The fraction of sp³-hybridized carbons (Fsp3) is 0.310. The van der Waals surface area contributed by atoms with E-state index in [1.54, 1.807) is 34.9 Å². The standard InChI is InChI=1S/C29H33FN2O2S/c1-22(2)20-31-29(34)27(19-23-11-5-3-6-12-23)32(21-24-13-9-10-16-26(24)30)28(33)17-18-35-25-14-7-4-8-15-25/h3-16,22,27H,17-21H2,1-2H3,(H,31,34)/t27-/m0/s1. The van der Waals surface area contributed by atoms with E-state index in [-0.39, 0.29) is 36.5 Å². The van der Waals surface area contributed by atoms with Crippen LogP contribution in [0.3, 0.4) is 0 Å². The molecule has 0 saturated carbocycles. The van der Waals surface area contributed by atoms with Gasteiger partial charge in [0.1, 0.15) is 11.9 Å². The number of carbonyl (C=O) groups excluding carboxylic acids is 2. The maximum atomic E-state index is 14.6. The molecule has 0 fully saturated rings. The Morgan fingerprint density at radius 1 is 0.914 bits per heavy atom. The molecule has 0 aliphatic heterocycles. The number of carbonyl (C=O) groups is 2. The lowest BCUT2D eigenvalue weighted by Gasteiger charge is -2.32. The molecule has 0 heterocycles. The fourth-order valence-electron chi connectivity index (χ4n) is 3.70. The summed E-state index contributed by atoms with van der Waals surface area (Å²) in [6.07, 6.45) is 0.605. The Morgan fingerprint density at radius 2 is 1.54 bits per heavy atom. The predicted octanol–water partition coefficient (Wildman–Crippen LogP) is 5.72. The SMILES string of the molecule is CC(C)CNC(=O)[C@H](Cc1ccccc1)N(Cc1ccccc1F)C(=O)CCSc1ccccc1. The van der Waals surface area contributed by atoms with E-state index in [0.29, 0.717) is 24.3 Å². The quantitative estimate of drug-likeness (QED) is 0.329. The molecule has 0 spiro atoms. The third kappa shape index (κ3) is 8.55. The molecule has 3 aromatic carbocycles. The Balaban J connectivity index is 1.85. The molecule has 0 aromatic heterocycles. The highest BCUT2D eigenvalue weighted by atomic mass is 32.2. The van der Waals surface area contributed by atoms with Gasteiger partial charge < -0.3 is 10.2 Å². The van der Waals surface area contributed by atoms with Crippen LogP contribution in [0.5, 0.6) is 0 Å². The zero-order valence-corrected chi connectivity index (χ0v) is 21.1. The van der Waals surface area contributed by atoms with Gasteiger partial charge in [-0.15, -0.1) is 11.8 Å². The summed E-state index contributed by atoms with van der Waals surface area (Å²) in [6.45, 7) is 4.59. The van der Waals surface area contributed by atoms with Crippen LogP contribution in [0.15, 0.2) is 89.8 Å². The highest BCUT2D eigenvalue weighted by Crippen LogP contribution is 2.21. The normalized spacial score (nSPS) is 11.8.